The summed E-state index contributed by atoms with van der Waals surface area (Å²) in [5.41, 5.74) is 4.55. The number of fused-ring (bicyclic) bond motifs is 1. The molecule has 11 heteroatoms. The molecule has 11 nitrogen and oxygen atoms in total. The predicted octanol–water partition coefficient (Wildman–Crippen LogP) is -1.31. The molecule has 2 aliphatic heterocycles. The minimum Gasteiger partial charge on any atom is -0.463 e. The van der Waals surface area contributed by atoms with Crippen LogP contribution < -0.4 is 11.1 Å². The molecule has 0 radical (unpaired) electrons. The van der Waals surface area contributed by atoms with Crippen LogP contribution in [0.3, 0.4) is 0 Å². The van der Waals surface area contributed by atoms with Crippen LogP contribution in [0.2, 0.25) is 0 Å². The fourth-order valence-electron chi connectivity index (χ4n) is 3.89. The fourth-order valence-corrected chi connectivity index (χ4v) is 3.89. The summed E-state index contributed by atoms with van der Waals surface area (Å²) in [6.07, 6.45) is -1.51. The molecule has 2 saturated heterocycles. The fraction of sp³-hybridized carbons (Fsp3) is 0.556. The van der Waals surface area contributed by atoms with E-state index in [1.54, 1.807) is 6.07 Å². The van der Waals surface area contributed by atoms with E-state index in [2.05, 4.69) is 15.4 Å². The molecule has 0 spiro atoms. The standard InChI is InChI=1S/C18H22N6O5/c19-8-18(13-2-1-11-16(20)22-9-23-24(11)13)15(26)14(25)12(29-18)7-28-17(27)10-3-5-21-6-4-10/h1-2,9-10,12,14-15,21,25-26H,3-7H2,(H2,20,22,23)/t12-,14-,15-,18+/m1/s1. The molecule has 0 saturated carbocycles. The Bertz CT molecular complexity index is 952. The number of nitrogens with zero attached hydrogens (tertiary/aromatic N) is 4. The Balaban J connectivity index is 1.55. The minimum atomic E-state index is -1.90. The third kappa shape index (κ3) is 3.20. The van der Waals surface area contributed by atoms with Crippen molar-refractivity contribution < 1.29 is 24.5 Å². The van der Waals surface area contributed by atoms with Crippen molar-refractivity contribution in [1.29, 1.82) is 5.26 Å². The molecule has 5 N–H and O–H groups in total. The van der Waals surface area contributed by atoms with E-state index >= 15 is 0 Å². The van der Waals surface area contributed by atoms with Crippen molar-refractivity contribution in [2.45, 2.75) is 36.8 Å². The van der Waals surface area contributed by atoms with Gasteiger partial charge < -0.3 is 30.7 Å². The maximum Gasteiger partial charge on any atom is 0.309 e. The van der Waals surface area contributed by atoms with Crippen LogP contribution in [-0.2, 0) is 19.9 Å². The molecule has 2 aliphatic rings. The van der Waals surface area contributed by atoms with Crippen LogP contribution in [-0.4, -0.2) is 68.8 Å². The highest BCUT2D eigenvalue weighted by Gasteiger charge is 2.57. The number of hydrogen-bond acceptors (Lipinski definition) is 10. The highest BCUT2D eigenvalue weighted by atomic mass is 16.6. The Morgan fingerprint density at radius 2 is 2.21 bits per heavy atom. The van der Waals surface area contributed by atoms with Crippen LogP contribution in [0.15, 0.2) is 18.5 Å². The number of nitriles is 1. The second-order valence-corrected chi connectivity index (χ2v) is 7.25. The zero-order valence-corrected chi connectivity index (χ0v) is 15.6. The molecule has 2 aromatic heterocycles. The lowest BCUT2D eigenvalue weighted by molar-refractivity contribution is -0.156. The van der Waals surface area contributed by atoms with Gasteiger partial charge in [0, 0.05) is 0 Å². The quantitative estimate of drug-likeness (QED) is 0.451. The first kappa shape index (κ1) is 19.5. The maximum absolute atomic E-state index is 12.3. The molecule has 0 aliphatic carbocycles. The van der Waals surface area contributed by atoms with Gasteiger partial charge in [-0.1, -0.05) is 0 Å². The first-order valence-electron chi connectivity index (χ1n) is 9.39. The highest BCUT2D eigenvalue weighted by molar-refractivity contribution is 5.72. The van der Waals surface area contributed by atoms with Gasteiger partial charge in [0.15, 0.2) is 5.82 Å². The van der Waals surface area contributed by atoms with E-state index < -0.39 is 23.9 Å². The number of carbonyl (C=O) groups is 1. The average Bonchev–Trinajstić information content (AvgIpc) is 3.29. The second-order valence-electron chi connectivity index (χ2n) is 7.25. The van der Waals surface area contributed by atoms with E-state index in [0.29, 0.717) is 18.4 Å². The summed E-state index contributed by atoms with van der Waals surface area (Å²) in [7, 11) is 0. The molecule has 2 fully saturated rings. The van der Waals surface area contributed by atoms with Gasteiger partial charge >= 0.3 is 5.97 Å². The molecule has 0 bridgehead atoms. The van der Waals surface area contributed by atoms with Gasteiger partial charge in [0.1, 0.15) is 42.8 Å². The molecule has 0 unspecified atom stereocenters. The van der Waals surface area contributed by atoms with Gasteiger partial charge in [-0.15, -0.1) is 0 Å². The first-order chi connectivity index (χ1) is 14.0. The number of esters is 1. The lowest BCUT2D eigenvalue weighted by atomic mass is 9.92. The van der Waals surface area contributed by atoms with Gasteiger partial charge in [-0.2, -0.15) is 10.4 Å². The van der Waals surface area contributed by atoms with Gasteiger partial charge in [-0.05, 0) is 38.1 Å². The van der Waals surface area contributed by atoms with Crippen LogP contribution in [0, 0.1) is 17.2 Å². The summed E-state index contributed by atoms with van der Waals surface area (Å²) in [6, 6.07) is 5.07. The van der Waals surface area contributed by atoms with Crippen LogP contribution in [0.25, 0.3) is 5.52 Å². The van der Waals surface area contributed by atoms with Gasteiger partial charge in [0.25, 0.3) is 0 Å². The zero-order valence-electron chi connectivity index (χ0n) is 15.6. The molecule has 2 aromatic rings. The number of piperidine rings is 1. The number of carbonyl (C=O) groups excluding carboxylic acids is 1. The molecular weight excluding hydrogens is 380 g/mol. The monoisotopic (exact) mass is 402 g/mol. The number of ether oxygens (including phenoxy) is 2. The van der Waals surface area contributed by atoms with E-state index in [4.69, 9.17) is 15.2 Å². The van der Waals surface area contributed by atoms with E-state index in [0.717, 1.165) is 13.1 Å². The van der Waals surface area contributed by atoms with E-state index in [1.807, 2.05) is 6.07 Å². The first-order valence-corrected chi connectivity index (χ1v) is 9.39. The van der Waals surface area contributed by atoms with Crippen molar-refractivity contribution >= 4 is 17.3 Å². The third-order valence-electron chi connectivity index (χ3n) is 5.55. The Kier molecular flexibility index (Phi) is 5.10. The van der Waals surface area contributed by atoms with Gasteiger partial charge in [-0.3, -0.25) is 4.79 Å². The second kappa shape index (κ2) is 7.57. The SMILES string of the molecule is N#C[C@@]1(c2ccc3c(N)ncnn23)O[C@H](COC(=O)C2CCNCC2)[C@@H](O)[C@H]1O. The smallest absolute Gasteiger partial charge is 0.309 e. The number of nitrogen functional groups attached to an aromatic ring is 1. The number of nitrogens with one attached hydrogen (secondary N) is 1. The van der Waals surface area contributed by atoms with Gasteiger partial charge in [0.05, 0.1) is 11.6 Å². The lowest BCUT2D eigenvalue weighted by Crippen LogP contribution is -2.41. The van der Waals surface area contributed by atoms with Crippen LogP contribution >= 0.6 is 0 Å². The number of aliphatic hydroxyl groups excluding tert-OH is 2. The largest absolute Gasteiger partial charge is 0.463 e. The van der Waals surface area contributed by atoms with E-state index in [9.17, 15) is 20.3 Å². The Morgan fingerprint density at radius 1 is 1.45 bits per heavy atom. The molecule has 0 amide bonds. The maximum atomic E-state index is 12.3. The zero-order chi connectivity index (χ0) is 20.6. The average molecular weight is 402 g/mol. The third-order valence-corrected chi connectivity index (χ3v) is 5.55. The summed E-state index contributed by atoms with van der Waals surface area (Å²) in [4.78, 5) is 16.2. The Morgan fingerprint density at radius 3 is 2.93 bits per heavy atom. The number of anilines is 1. The van der Waals surface area contributed by atoms with Crippen molar-refractivity contribution in [1.82, 2.24) is 19.9 Å². The molecule has 29 heavy (non-hydrogen) atoms. The number of rotatable bonds is 4. The van der Waals surface area contributed by atoms with Gasteiger partial charge in [-0.25, -0.2) is 9.50 Å². The molecular formula is C18H22N6O5. The Hall–Kier alpha value is -2.78. The van der Waals surface area contributed by atoms with Gasteiger partial charge in [0.2, 0.25) is 5.60 Å². The normalized spacial score (nSPS) is 30.3. The summed E-state index contributed by atoms with van der Waals surface area (Å²) in [6.45, 7) is 1.21. The van der Waals surface area contributed by atoms with Crippen molar-refractivity contribution in [3.05, 3.63) is 24.2 Å². The molecule has 0 aromatic carbocycles. The van der Waals surface area contributed by atoms with Crippen molar-refractivity contribution in [3.63, 3.8) is 0 Å². The minimum absolute atomic E-state index is 0.194. The topological polar surface area (TPSA) is 168 Å². The van der Waals surface area contributed by atoms with Crippen LogP contribution in [0.4, 0.5) is 5.82 Å². The number of hydrogen-bond donors (Lipinski definition) is 4. The lowest BCUT2D eigenvalue weighted by Gasteiger charge is -2.24. The molecule has 4 atom stereocenters. The number of nitrogens with two attached hydrogens (primary N) is 1. The van der Waals surface area contributed by atoms with E-state index in [1.165, 1.54) is 16.9 Å². The Labute approximate surface area is 166 Å². The predicted molar refractivity (Wildman–Crippen MR) is 98.1 cm³/mol. The highest BCUT2D eigenvalue weighted by Crippen LogP contribution is 2.40. The van der Waals surface area contributed by atoms with E-state index in [-0.39, 0.29) is 30.0 Å². The molecule has 4 rings (SSSR count). The summed E-state index contributed by atoms with van der Waals surface area (Å²) < 4.78 is 12.4. The number of aliphatic hydroxyl groups is 2. The summed E-state index contributed by atoms with van der Waals surface area (Å²) in [5, 5.41) is 38.2. The van der Waals surface area contributed by atoms with Crippen molar-refractivity contribution in [2.24, 2.45) is 5.92 Å². The number of aromatic nitrogens is 3. The molecule has 4 heterocycles. The van der Waals surface area contributed by atoms with Crippen molar-refractivity contribution in [3.8, 4) is 6.07 Å². The van der Waals surface area contributed by atoms with Crippen LogP contribution in [0.5, 0.6) is 0 Å². The van der Waals surface area contributed by atoms with Crippen LogP contribution in [0.1, 0.15) is 18.5 Å². The van der Waals surface area contributed by atoms with Crippen molar-refractivity contribution in [2.75, 3.05) is 25.4 Å². The molecule has 154 valence electrons. The summed E-state index contributed by atoms with van der Waals surface area (Å²) >= 11 is 0. The summed E-state index contributed by atoms with van der Waals surface area (Å²) in [5.74, 6) is -0.394.